The largest absolute Gasteiger partial charge is 0.491 e. The van der Waals surface area contributed by atoms with Gasteiger partial charge in [0.05, 0.1) is 17.0 Å². The van der Waals surface area contributed by atoms with Crippen LogP contribution in [0.1, 0.15) is 36.5 Å². The fourth-order valence-corrected chi connectivity index (χ4v) is 3.33. The molecule has 1 N–H and O–H groups in total. The normalized spacial score (nSPS) is 24.0. The predicted molar refractivity (Wildman–Crippen MR) is 69.9 cm³/mol. The predicted octanol–water partition coefficient (Wildman–Crippen LogP) is 4.04. The third-order valence-corrected chi connectivity index (χ3v) is 4.93. The molecule has 0 spiro atoms. The van der Waals surface area contributed by atoms with E-state index in [-0.39, 0.29) is 29.0 Å². The SMILES string of the molecule is N#CC1(COc2ccc3c(c2C(F)F)C(O)C(F)(F)S3)CC1. The molecule has 1 aliphatic heterocycles. The molecule has 3 nitrogen and oxygen atoms in total. The molecule has 0 radical (unpaired) electrons. The van der Waals surface area contributed by atoms with E-state index in [0.29, 0.717) is 12.8 Å². The first-order chi connectivity index (χ1) is 10.3. The highest BCUT2D eigenvalue weighted by Gasteiger charge is 2.51. The van der Waals surface area contributed by atoms with Crippen molar-refractivity contribution in [2.75, 3.05) is 6.61 Å². The van der Waals surface area contributed by atoms with Gasteiger partial charge in [-0.3, -0.25) is 0 Å². The molecule has 3 rings (SSSR count). The summed E-state index contributed by atoms with van der Waals surface area (Å²) in [4.78, 5) is -0.0819. The van der Waals surface area contributed by atoms with Gasteiger partial charge in [0.2, 0.25) is 0 Å². The number of alkyl halides is 4. The number of halogens is 4. The summed E-state index contributed by atoms with van der Waals surface area (Å²) in [5.74, 6) is -0.257. The molecule has 1 unspecified atom stereocenters. The smallest absolute Gasteiger partial charge is 0.327 e. The van der Waals surface area contributed by atoms with E-state index in [9.17, 15) is 22.7 Å². The van der Waals surface area contributed by atoms with Crippen molar-refractivity contribution in [1.29, 1.82) is 5.26 Å². The molecule has 1 saturated carbocycles. The third kappa shape index (κ3) is 2.42. The third-order valence-electron chi connectivity index (χ3n) is 3.86. The molecule has 0 bridgehead atoms. The Morgan fingerprint density at radius 1 is 1.41 bits per heavy atom. The summed E-state index contributed by atoms with van der Waals surface area (Å²) >= 11 is 0.0576. The average molecular weight is 333 g/mol. The van der Waals surface area contributed by atoms with Gasteiger partial charge in [-0.05, 0) is 36.7 Å². The summed E-state index contributed by atoms with van der Waals surface area (Å²) in [7, 11) is 0. The van der Waals surface area contributed by atoms with Crippen molar-refractivity contribution in [2.45, 2.75) is 35.5 Å². The van der Waals surface area contributed by atoms with Gasteiger partial charge in [0.1, 0.15) is 12.4 Å². The van der Waals surface area contributed by atoms with Crippen molar-refractivity contribution in [2.24, 2.45) is 5.41 Å². The van der Waals surface area contributed by atoms with Crippen molar-refractivity contribution in [3.63, 3.8) is 0 Å². The lowest BCUT2D eigenvalue weighted by Crippen LogP contribution is -2.18. The molecular weight excluding hydrogens is 322 g/mol. The van der Waals surface area contributed by atoms with Crippen LogP contribution in [0.4, 0.5) is 17.6 Å². The fourth-order valence-electron chi connectivity index (χ4n) is 2.34. The summed E-state index contributed by atoms with van der Waals surface area (Å²) in [5.41, 5.74) is -1.87. The molecule has 1 aromatic rings. The highest BCUT2D eigenvalue weighted by atomic mass is 32.2. The minimum atomic E-state index is -3.55. The molecule has 118 valence electrons. The first kappa shape index (κ1) is 15.4. The topological polar surface area (TPSA) is 53.2 Å². The number of thioether (sulfide) groups is 1. The quantitative estimate of drug-likeness (QED) is 0.845. The Kier molecular flexibility index (Phi) is 3.53. The number of aliphatic hydroxyl groups is 1. The molecule has 0 amide bonds. The van der Waals surface area contributed by atoms with Crippen molar-refractivity contribution in [3.8, 4) is 11.8 Å². The van der Waals surface area contributed by atoms with E-state index in [4.69, 9.17) is 10.00 Å². The number of fused-ring (bicyclic) bond motifs is 1. The maximum absolute atomic E-state index is 13.5. The van der Waals surface area contributed by atoms with Gasteiger partial charge in [-0.15, -0.1) is 0 Å². The van der Waals surface area contributed by atoms with E-state index in [1.54, 1.807) is 0 Å². The van der Waals surface area contributed by atoms with E-state index >= 15 is 0 Å². The van der Waals surface area contributed by atoms with Crippen LogP contribution in [0.25, 0.3) is 0 Å². The highest BCUT2D eigenvalue weighted by Crippen LogP contribution is 2.57. The lowest BCUT2D eigenvalue weighted by molar-refractivity contribution is -0.0328. The van der Waals surface area contributed by atoms with Crippen LogP contribution in [0.5, 0.6) is 5.75 Å². The van der Waals surface area contributed by atoms with Crippen molar-refractivity contribution in [1.82, 2.24) is 0 Å². The summed E-state index contributed by atoms with van der Waals surface area (Å²) in [6.07, 6.45) is -4.12. The minimum Gasteiger partial charge on any atom is -0.491 e. The molecular formula is C14H11F4NO2S. The molecule has 1 aliphatic carbocycles. The maximum atomic E-state index is 13.5. The van der Waals surface area contributed by atoms with E-state index in [0.717, 1.165) is 0 Å². The van der Waals surface area contributed by atoms with Gasteiger partial charge in [0.15, 0.2) is 6.10 Å². The lowest BCUT2D eigenvalue weighted by atomic mass is 10.0. The van der Waals surface area contributed by atoms with Crippen LogP contribution in [-0.2, 0) is 0 Å². The second-order valence-corrected chi connectivity index (χ2v) is 6.63. The number of aliphatic hydroxyl groups excluding tert-OH is 1. The number of hydrogen-bond donors (Lipinski definition) is 1. The van der Waals surface area contributed by atoms with Gasteiger partial charge < -0.3 is 9.84 Å². The molecule has 0 saturated heterocycles. The van der Waals surface area contributed by atoms with Crippen molar-refractivity contribution < 1.29 is 27.4 Å². The average Bonchev–Trinajstić information content (AvgIpc) is 3.20. The number of hydrogen-bond acceptors (Lipinski definition) is 4. The lowest BCUT2D eigenvalue weighted by Gasteiger charge is -2.18. The Morgan fingerprint density at radius 3 is 2.64 bits per heavy atom. The zero-order valence-corrected chi connectivity index (χ0v) is 12.0. The molecule has 0 aromatic heterocycles. The van der Waals surface area contributed by atoms with Crippen LogP contribution in [0, 0.1) is 16.7 Å². The van der Waals surface area contributed by atoms with E-state index in [1.165, 1.54) is 12.1 Å². The van der Waals surface area contributed by atoms with Gasteiger partial charge in [0, 0.05) is 10.5 Å². The molecule has 2 aliphatic rings. The molecule has 1 aromatic carbocycles. The highest BCUT2D eigenvalue weighted by molar-refractivity contribution is 8.00. The Labute approximate surface area is 127 Å². The summed E-state index contributed by atoms with van der Waals surface area (Å²) in [6, 6.07) is 4.48. The Morgan fingerprint density at radius 2 is 2.09 bits per heavy atom. The van der Waals surface area contributed by atoms with Crippen LogP contribution in [0.3, 0.4) is 0 Å². The number of rotatable bonds is 4. The van der Waals surface area contributed by atoms with Crippen LogP contribution in [0.15, 0.2) is 17.0 Å². The monoisotopic (exact) mass is 333 g/mol. The first-order valence-electron chi connectivity index (χ1n) is 6.53. The second kappa shape index (κ2) is 5.03. The van der Waals surface area contributed by atoms with E-state index in [2.05, 4.69) is 6.07 Å². The summed E-state index contributed by atoms with van der Waals surface area (Å²) < 4.78 is 59.0. The van der Waals surface area contributed by atoms with Gasteiger partial charge in [-0.2, -0.15) is 14.0 Å². The zero-order chi connectivity index (χ0) is 16.1. The molecule has 1 fully saturated rings. The number of ether oxygens (including phenoxy) is 1. The molecule has 1 atom stereocenters. The maximum Gasteiger partial charge on any atom is 0.327 e. The van der Waals surface area contributed by atoms with E-state index < -0.39 is 34.3 Å². The molecule has 8 heteroatoms. The van der Waals surface area contributed by atoms with Gasteiger partial charge in [-0.1, -0.05) is 0 Å². The van der Waals surface area contributed by atoms with Gasteiger partial charge in [0.25, 0.3) is 6.43 Å². The minimum absolute atomic E-state index is 0.0576. The van der Waals surface area contributed by atoms with Crippen molar-refractivity contribution in [3.05, 3.63) is 23.3 Å². The van der Waals surface area contributed by atoms with Gasteiger partial charge in [-0.25, -0.2) is 8.78 Å². The number of nitrogens with zero attached hydrogens (tertiary/aromatic N) is 1. The van der Waals surface area contributed by atoms with Crippen LogP contribution < -0.4 is 4.74 Å². The first-order valence-corrected chi connectivity index (χ1v) is 7.35. The molecule has 22 heavy (non-hydrogen) atoms. The van der Waals surface area contributed by atoms with Crippen LogP contribution in [-0.4, -0.2) is 17.0 Å². The Balaban J connectivity index is 1.96. The standard InChI is InChI=1S/C14H11F4NO2S/c15-12(16)9-7(21-6-13(5-19)3-4-13)1-2-8-10(9)11(20)14(17,18)22-8/h1-2,11-12,20H,3-4,6H2. The summed E-state index contributed by atoms with van der Waals surface area (Å²) in [5, 5.41) is 15.0. The van der Waals surface area contributed by atoms with E-state index in [1.807, 2.05) is 0 Å². The zero-order valence-electron chi connectivity index (χ0n) is 11.2. The van der Waals surface area contributed by atoms with Gasteiger partial charge >= 0.3 is 5.25 Å². The number of benzene rings is 1. The Hall–Kier alpha value is -1.46. The van der Waals surface area contributed by atoms with Crippen LogP contribution >= 0.6 is 11.8 Å². The fraction of sp³-hybridized carbons (Fsp3) is 0.500. The van der Waals surface area contributed by atoms with Crippen molar-refractivity contribution >= 4 is 11.8 Å². The molecule has 1 heterocycles. The van der Waals surface area contributed by atoms with Crippen LogP contribution in [0.2, 0.25) is 0 Å². The number of nitriles is 1. The Bertz CT molecular complexity index is 655. The second-order valence-electron chi connectivity index (χ2n) is 5.44. The summed E-state index contributed by atoms with van der Waals surface area (Å²) in [6.45, 7) is -0.0678.